The third kappa shape index (κ3) is 7.80. The molecule has 0 atom stereocenters. The minimum Gasteiger partial charge on any atom is -0.378 e. The number of nitrogens with one attached hydrogen (secondary N) is 1. The first kappa shape index (κ1) is 30.6. The van der Waals surface area contributed by atoms with Gasteiger partial charge in [-0.15, -0.1) is 0 Å². The van der Waals surface area contributed by atoms with Crippen LogP contribution in [0, 0.1) is 0 Å². The van der Waals surface area contributed by atoms with E-state index in [1.54, 1.807) is 0 Å². The predicted octanol–water partition coefficient (Wildman–Crippen LogP) is 6.28. The van der Waals surface area contributed by atoms with Gasteiger partial charge >= 0.3 is 0 Å². The van der Waals surface area contributed by atoms with Gasteiger partial charge in [-0.2, -0.15) is 0 Å². The lowest BCUT2D eigenvalue weighted by molar-refractivity contribution is -0.134. The molecule has 4 aromatic rings. The normalized spacial score (nSPS) is 18.3. The van der Waals surface area contributed by atoms with Gasteiger partial charge in [0.05, 0.1) is 31.0 Å². The summed E-state index contributed by atoms with van der Waals surface area (Å²) in [6.45, 7) is 3.39. The lowest BCUT2D eigenvalue weighted by Crippen LogP contribution is -2.44. The second-order valence-electron chi connectivity index (χ2n) is 12.1. The van der Waals surface area contributed by atoms with E-state index in [2.05, 4.69) is 57.6 Å². The van der Waals surface area contributed by atoms with Crippen molar-refractivity contribution in [1.29, 1.82) is 0 Å². The SMILES string of the molecule is NC1CCC(N(Cc2cccc(-c3ccc(N4CCOCC4)c(NC(=O)c4ccccc4)c3)c2)C(=O)Cc2ccccc2)CC1. The highest BCUT2D eigenvalue weighted by atomic mass is 16.5. The maximum absolute atomic E-state index is 13.7. The Balaban J connectivity index is 1.27. The monoisotopic (exact) mass is 602 g/mol. The average Bonchev–Trinajstić information content (AvgIpc) is 3.09. The Morgan fingerprint density at radius 1 is 0.778 bits per heavy atom. The Hall–Kier alpha value is -4.46. The van der Waals surface area contributed by atoms with Gasteiger partial charge in [-0.1, -0.05) is 72.8 Å². The topological polar surface area (TPSA) is 87.9 Å². The maximum Gasteiger partial charge on any atom is 0.255 e. The van der Waals surface area contributed by atoms with Crippen LogP contribution in [0.5, 0.6) is 0 Å². The van der Waals surface area contributed by atoms with Crippen LogP contribution in [0.15, 0.2) is 103 Å². The summed E-state index contributed by atoms with van der Waals surface area (Å²) in [5.41, 5.74) is 12.7. The van der Waals surface area contributed by atoms with Crippen LogP contribution >= 0.6 is 0 Å². The standard InChI is InChI=1S/C38H42N4O3/c39-33-15-17-34(18-16-33)42(37(43)25-28-8-3-1-4-9-28)27-29-10-7-13-31(24-29)32-14-19-36(41-20-22-45-23-21-41)35(26-32)40-38(44)30-11-5-2-6-12-30/h1-14,19,24,26,33-34H,15-18,20-23,25,27,39H2,(H,40,44). The summed E-state index contributed by atoms with van der Waals surface area (Å²) in [6.07, 6.45) is 4.11. The molecule has 1 aliphatic heterocycles. The number of morpholine rings is 1. The molecule has 6 rings (SSSR count). The molecule has 0 spiro atoms. The molecule has 0 bridgehead atoms. The molecule has 2 fully saturated rings. The van der Waals surface area contributed by atoms with Gasteiger partial charge in [-0.05, 0) is 78.3 Å². The number of amides is 2. The van der Waals surface area contributed by atoms with Crippen molar-refractivity contribution in [2.75, 3.05) is 36.5 Å². The summed E-state index contributed by atoms with van der Waals surface area (Å²) >= 11 is 0. The second kappa shape index (κ2) is 14.5. The summed E-state index contributed by atoms with van der Waals surface area (Å²) in [7, 11) is 0. The molecule has 1 saturated carbocycles. The van der Waals surface area contributed by atoms with Crippen molar-refractivity contribution in [3.63, 3.8) is 0 Å². The zero-order valence-electron chi connectivity index (χ0n) is 25.7. The largest absolute Gasteiger partial charge is 0.378 e. The molecular formula is C38H42N4O3. The molecule has 7 heteroatoms. The van der Waals surface area contributed by atoms with E-state index in [1.165, 1.54) is 0 Å². The van der Waals surface area contributed by atoms with Crippen LogP contribution < -0.4 is 16.0 Å². The first-order chi connectivity index (χ1) is 22.0. The maximum atomic E-state index is 13.7. The Morgan fingerprint density at radius 2 is 1.44 bits per heavy atom. The van der Waals surface area contributed by atoms with Crippen LogP contribution in [-0.2, 0) is 22.5 Å². The number of nitrogens with two attached hydrogens (primary N) is 1. The number of hydrogen-bond donors (Lipinski definition) is 2. The second-order valence-corrected chi connectivity index (χ2v) is 12.1. The molecule has 2 aliphatic rings. The Morgan fingerprint density at radius 3 is 2.18 bits per heavy atom. The molecule has 4 aromatic carbocycles. The first-order valence-corrected chi connectivity index (χ1v) is 16.0. The van der Waals surface area contributed by atoms with Gasteiger partial charge in [-0.25, -0.2) is 0 Å². The highest BCUT2D eigenvalue weighted by Gasteiger charge is 2.28. The highest BCUT2D eigenvalue weighted by molar-refractivity contribution is 6.06. The molecule has 0 unspecified atom stereocenters. The van der Waals surface area contributed by atoms with E-state index >= 15 is 0 Å². The number of benzene rings is 4. The van der Waals surface area contributed by atoms with Gasteiger partial charge in [0, 0.05) is 37.3 Å². The molecule has 45 heavy (non-hydrogen) atoms. The van der Waals surface area contributed by atoms with Crippen LogP contribution in [0.3, 0.4) is 0 Å². The zero-order chi connectivity index (χ0) is 31.0. The number of hydrogen-bond acceptors (Lipinski definition) is 5. The zero-order valence-corrected chi connectivity index (χ0v) is 25.7. The molecule has 0 radical (unpaired) electrons. The molecule has 1 saturated heterocycles. The van der Waals surface area contributed by atoms with E-state index in [-0.39, 0.29) is 23.9 Å². The average molecular weight is 603 g/mol. The lowest BCUT2D eigenvalue weighted by atomic mass is 9.90. The molecule has 1 aliphatic carbocycles. The van der Waals surface area contributed by atoms with Crippen molar-refractivity contribution in [3.05, 3.63) is 120 Å². The van der Waals surface area contributed by atoms with Gasteiger partial charge in [0.25, 0.3) is 5.91 Å². The third-order valence-corrected chi connectivity index (χ3v) is 8.95. The molecule has 3 N–H and O–H groups in total. The number of rotatable bonds is 9. The molecule has 1 heterocycles. The van der Waals surface area contributed by atoms with Gasteiger partial charge in [0.15, 0.2) is 0 Å². The quantitative estimate of drug-likeness (QED) is 0.235. The fourth-order valence-electron chi connectivity index (χ4n) is 6.43. The Bertz CT molecular complexity index is 1580. The Labute approximate surface area is 266 Å². The fourth-order valence-corrected chi connectivity index (χ4v) is 6.43. The Kier molecular flexibility index (Phi) is 9.88. The van der Waals surface area contributed by atoms with Crippen molar-refractivity contribution in [1.82, 2.24) is 4.90 Å². The molecule has 232 valence electrons. The van der Waals surface area contributed by atoms with Crippen LogP contribution in [0.1, 0.15) is 47.2 Å². The van der Waals surface area contributed by atoms with Crippen molar-refractivity contribution in [3.8, 4) is 11.1 Å². The summed E-state index contributed by atoms with van der Waals surface area (Å²) < 4.78 is 5.59. The fraction of sp³-hybridized carbons (Fsp3) is 0.316. The number of carbonyl (C=O) groups is 2. The van der Waals surface area contributed by atoms with E-state index < -0.39 is 0 Å². The van der Waals surface area contributed by atoms with Crippen molar-refractivity contribution < 1.29 is 14.3 Å². The van der Waals surface area contributed by atoms with E-state index in [0.29, 0.717) is 31.7 Å². The minimum atomic E-state index is -0.143. The first-order valence-electron chi connectivity index (χ1n) is 16.0. The molecular weight excluding hydrogens is 560 g/mol. The number of ether oxygens (including phenoxy) is 1. The van der Waals surface area contributed by atoms with E-state index in [1.807, 2.05) is 60.7 Å². The smallest absolute Gasteiger partial charge is 0.255 e. The number of anilines is 2. The summed E-state index contributed by atoms with van der Waals surface area (Å²) in [5.74, 6) is 0.00336. The number of nitrogens with zero attached hydrogens (tertiary/aromatic N) is 2. The van der Waals surface area contributed by atoms with Gasteiger partial charge < -0.3 is 25.6 Å². The minimum absolute atomic E-state index is 0.143. The van der Waals surface area contributed by atoms with Crippen LogP contribution in [0.4, 0.5) is 11.4 Å². The van der Waals surface area contributed by atoms with Crippen molar-refractivity contribution >= 4 is 23.2 Å². The number of carbonyl (C=O) groups excluding carboxylic acids is 2. The molecule has 2 amide bonds. The van der Waals surface area contributed by atoms with E-state index in [9.17, 15) is 9.59 Å². The van der Waals surface area contributed by atoms with Crippen molar-refractivity contribution in [2.45, 2.75) is 50.7 Å². The summed E-state index contributed by atoms with van der Waals surface area (Å²) in [5, 5.41) is 3.18. The molecule has 7 nitrogen and oxygen atoms in total. The van der Waals surface area contributed by atoms with Crippen LogP contribution in [-0.4, -0.2) is 55.1 Å². The highest BCUT2D eigenvalue weighted by Crippen LogP contribution is 2.33. The van der Waals surface area contributed by atoms with E-state index in [0.717, 1.165) is 72.4 Å². The summed E-state index contributed by atoms with van der Waals surface area (Å²) in [6, 6.07) is 34.3. The predicted molar refractivity (Wildman–Crippen MR) is 180 cm³/mol. The van der Waals surface area contributed by atoms with Gasteiger partial charge in [-0.3, -0.25) is 9.59 Å². The summed E-state index contributed by atoms with van der Waals surface area (Å²) in [4.78, 5) is 31.3. The lowest BCUT2D eigenvalue weighted by Gasteiger charge is -2.36. The van der Waals surface area contributed by atoms with E-state index in [4.69, 9.17) is 10.5 Å². The van der Waals surface area contributed by atoms with Crippen LogP contribution in [0.25, 0.3) is 11.1 Å². The van der Waals surface area contributed by atoms with Crippen molar-refractivity contribution in [2.24, 2.45) is 5.73 Å². The van der Waals surface area contributed by atoms with Gasteiger partial charge in [0.1, 0.15) is 0 Å². The molecule has 0 aromatic heterocycles. The van der Waals surface area contributed by atoms with Gasteiger partial charge in [0.2, 0.25) is 5.91 Å². The third-order valence-electron chi connectivity index (χ3n) is 8.95. The van der Waals surface area contributed by atoms with Crippen LogP contribution in [0.2, 0.25) is 0 Å².